The summed E-state index contributed by atoms with van der Waals surface area (Å²) >= 11 is 0. The molecule has 8 heteroatoms. The van der Waals surface area contributed by atoms with E-state index in [2.05, 4.69) is 287 Å². The molecule has 0 amide bonds. The lowest BCUT2D eigenvalue weighted by Crippen LogP contribution is -2.16. The van der Waals surface area contributed by atoms with Gasteiger partial charge in [0.1, 0.15) is 0 Å². The molecule has 2 N–H and O–H groups in total. The molecule has 0 atom stereocenters. The van der Waals surface area contributed by atoms with Gasteiger partial charge in [-0.25, -0.2) is 9.97 Å². The van der Waals surface area contributed by atoms with Crippen LogP contribution in [0.2, 0.25) is 0 Å². The molecule has 2 aliphatic heterocycles. The van der Waals surface area contributed by atoms with Crippen molar-refractivity contribution in [3.63, 3.8) is 0 Å². The standard InChI is InChI=1S/C84H82N8/c1-81(2,3)57-41-45-85-69(49-53-25-17-13-18-26-53)73(57)77-61-33-35-63(89-61)78(74-58(82(4,5)6)42-46-86-70(74)50-54-27-19-14-20-28-54)65-37-39-67(91-65)80(76-60(84(10,11)12)44-48-88-72(76)52-56-31-23-16-24-32-56)68-40-38-66(92-68)79(64-36-34-62(77)90-64)75-59(83(7,8)9)43-47-87-71(75)51-55-29-21-15-22-30-55/h13-48,89,92H,49-52H2,1-12H3. The molecule has 0 spiro atoms. The third-order valence-electron chi connectivity index (χ3n) is 18.0. The highest BCUT2D eigenvalue weighted by atomic mass is 14.8. The maximum Gasteiger partial charge on any atom is 0.0738 e. The van der Waals surface area contributed by atoms with Crippen molar-refractivity contribution in [3.05, 3.63) is 285 Å². The molecule has 2 aliphatic rings. The van der Waals surface area contributed by atoms with E-state index >= 15 is 0 Å². The summed E-state index contributed by atoms with van der Waals surface area (Å²) in [4.78, 5) is 41.8. The molecular weight excluding hydrogens is 1120 g/mol. The quantitative estimate of drug-likeness (QED) is 0.126. The van der Waals surface area contributed by atoms with Crippen LogP contribution in [-0.4, -0.2) is 39.9 Å². The summed E-state index contributed by atoms with van der Waals surface area (Å²) in [6.07, 6.45) is 19.3. The topological polar surface area (TPSA) is 109 Å². The highest BCUT2D eigenvalue weighted by Crippen LogP contribution is 2.47. The number of benzene rings is 4. The third kappa shape index (κ3) is 12.3. The maximum atomic E-state index is 6.03. The first-order chi connectivity index (χ1) is 44.2. The van der Waals surface area contributed by atoms with Gasteiger partial charge in [0.25, 0.3) is 0 Å². The van der Waals surface area contributed by atoms with Gasteiger partial charge in [0.05, 0.1) is 45.6 Å². The fourth-order valence-electron chi connectivity index (χ4n) is 13.6. The summed E-state index contributed by atoms with van der Waals surface area (Å²) in [6.45, 7) is 27.7. The lowest BCUT2D eigenvalue weighted by molar-refractivity contribution is 0.589. The lowest BCUT2D eigenvalue weighted by atomic mass is 9.80. The first-order valence-electron chi connectivity index (χ1n) is 32.4. The molecule has 11 aromatic rings. The minimum absolute atomic E-state index is 0.300. The van der Waals surface area contributed by atoms with Crippen LogP contribution in [0.5, 0.6) is 0 Å². The largest absolute Gasteiger partial charge is 0.354 e. The Morgan fingerprint density at radius 2 is 0.457 bits per heavy atom. The SMILES string of the molecule is CC(C)(C)c1ccnc(Cc2ccccc2)c1-c1c2nc(c(-c3c(C(C)(C)C)ccnc3Cc3ccccc3)c3ccc([nH]3)c(-c3c(C(C)(C)C)ccnc3Cc3ccccc3)c3nc(c(-c4c(C(C)(C)C)ccnc4Cc4ccccc4)c4ccc1[nH]4)C=C3)C=C2. The first kappa shape index (κ1) is 61.0. The minimum atomic E-state index is -0.300. The van der Waals surface area contributed by atoms with Crippen molar-refractivity contribution in [1.82, 2.24) is 39.9 Å². The fourth-order valence-corrected chi connectivity index (χ4v) is 13.6. The van der Waals surface area contributed by atoms with Gasteiger partial charge in [-0.3, -0.25) is 19.9 Å². The molecule has 0 unspecified atom stereocenters. The van der Waals surface area contributed by atoms with Gasteiger partial charge >= 0.3 is 0 Å². The first-order valence-corrected chi connectivity index (χ1v) is 32.4. The average Bonchev–Trinajstić information content (AvgIpc) is 1.49. The van der Waals surface area contributed by atoms with Crippen LogP contribution in [0.4, 0.5) is 0 Å². The summed E-state index contributed by atoms with van der Waals surface area (Å²) in [5.74, 6) is 0. The van der Waals surface area contributed by atoms with Gasteiger partial charge in [-0.2, -0.15) is 0 Å². The number of nitrogens with one attached hydrogen (secondary N) is 2. The Kier molecular flexibility index (Phi) is 16.1. The number of aromatic amines is 2. The molecule has 0 fully saturated rings. The van der Waals surface area contributed by atoms with E-state index in [1.165, 1.54) is 44.5 Å². The van der Waals surface area contributed by atoms with E-state index in [0.717, 1.165) is 112 Å². The molecular formula is C84H82N8. The van der Waals surface area contributed by atoms with E-state index in [1.807, 2.05) is 24.8 Å². The molecule has 92 heavy (non-hydrogen) atoms. The van der Waals surface area contributed by atoms with Crippen LogP contribution in [0.3, 0.4) is 0 Å². The Bertz CT molecular complexity index is 4210. The normalized spacial score (nSPS) is 12.7. The van der Waals surface area contributed by atoms with Crippen molar-refractivity contribution < 1.29 is 0 Å². The van der Waals surface area contributed by atoms with Crippen LogP contribution in [0.15, 0.2) is 195 Å². The summed E-state index contributed by atoms with van der Waals surface area (Å²) < 4.78 is 0. The van der Waals surface area contributed by atoms with Crippen LogP contribution < -0.4 is 0 Å². The molecule has 7 aromatic heterocycles. The predicted octanol–water partition coefficient (Wildman–Crippen LogP) is 20.5. The van der Waals surface area contributed by atoms with Crippen molar-refractivity contribution >= 4 is 46.4 Å². The minimum Gasteiger partial charge on any atom is -0.354 e. The monoisotopic (exact) mass is 1200 g/mol. The molecule has 0 saturated heterocycles. The van der Waals surface area contributed by atoms with Gasteiger partial charge in [0.15, 0.2) is 0 Å². The van der Waals surface area contributed by atoms with Gasteiger partial charge in [-0.1, -0.05) is 204 Å². The second-order valence-electron chi connectivity index (χ2n) is 28.9. The van der Waals surface area contributed by atoms with Gasteiger partial charge < -0.3 is 9.97 Å². The molecule has 9 heterocycles. The lowest BCUT2D eigenvalue weighted by Gasteiger charge is -2.26. The Labute approximate surface area is 542 Å². The Hall–Kier alpha value is -9.92. The Morgan fingerprint density at radius 3 is 0.652 bits per heavy atom. The summed E-state index contributed by atoms with van der Waals surface area (Å²) in [7, 11) is 0. The summed E-state index contributed by atoms with van der Waals surface area (Å²) in [5.41, 5.74) is 27.1. The van der Waals surface area contributed by atoms with Crippen LogP contribution >= 0.6 is 0 Å². The third-order valence-corrected chi connectivity index (χ3v) is 18.0. The van der Waals surface area contributed by atoms with Gasteiger partial charge in [-0.15, -0.1) is 0 Å². The van der Waals surface area contributed by atoms with Crippen LogP contribution in [-0.2, 0) is 47.3 Å². The van der Waals surface area contributed by atoms with E-state index in [9.17, 15) is 0 Å². The van der Waals surface area contributed by atoms with Gasteiger partial charge in [-0.05, 0) is 139 Å². The molecule has 0 saturated carbocycles. The van der Waals surface area contributed by atoms with Crippen molar-refractivity contribution in [3.8, 4) is 44.5 Å². The summed E-state index contributed by atoms with van der Waals surface area (Å²) in [5, 5.41) is 0. The number of rotatable bonds is 12. The number of fused-ring (bicyclic) bond motifs is 8. The van der Waals surface area contributed by atoms with E-state index in [1.54, 1.807) is 0 Å². The van der Waals surface area contributed by atoms with Crippen molar-refractivity contribution in [2.45, 2.75) is 130 Å². The predicted molar refractivity (Wildman–Crippen MR) is 384 cm³/mol. The van der Waals surface area contributed by atoms with E-state index in [4.69, 9.17) is 29.9 Å². The number of pyridine rings is 4. The summed E-state index contributed by atoms with van der Waals surface area (Å²) in [6, 6.07) is 60.7. The number of hydrogen-bond acceptors (Lipinski definition) is 6. The average molecular weight is 1200 g/mol. The number of nitrogens with zero attached hydrogens (tertiary/aromatic N) is 6. The van der Waals surface area contributed by atoms with E-state index < -0.39 is 0 Å². The Morgan fingerprint density at radius 1 is 0.250 bits per heavy atom. The van der Waals surface area contributed by atoms with Crippen LogP contribution in [0, 0.1) is 0 Å². The zero-order valence-electron chi connectivity index (χ0n) is 55.3. The zero-order valence-corrected chi connectivity index (χ0v) is 55.3. The molecule has 0 aliphatic carbocycles. The maximum absolute atomic E-state index is 6.03. The fraction of sp³-hybridized carbons (Fsp3) is 0.238. The van der Waals surface area contributed by atoms with Crippen LogP contribution in [0.25, 0.3) is 90.9 Å². The zero-order chi connectivity index (χ0) is 64.1. The molecule has 8 nitrogen and oxygen atoms in total. The molecule has 8 bridgehead atoms. The molecule has 13 rings (SSSR count). The van der Waals surface area contributed by atoms with E-state index in [0.29, 0.717) is 25.7 Å². The van der Waals surface area contributed by atoms with Crippen molar-refractivity contribution in [1.29, 1.82) is 0 Å². The van der Waals surface area contributed by atoms with Crippen molar-refractivity contribution in [2.24, 2.45) is 0 Å². The van der Waals surface area contributed by atoms with E-state index in [-0.39, 0.29) is 21.7 Å². The highest BCUT2D eigenvalue weighted by Gasteiger charge is 2.32. The van der Waals surface area contributed by atoms with Gasteiger partial charge in [0.2, 0.25) is 0 Å². The molecule has 4 aromatic carbocycles. The number of hydrogen-bond donors (Lipinski definition) is 2. The Balaban J connectivity index is 1.26. The second kappa shape index (κ2) is 24.4. The van der Waals surface area contributed by atoms with Crippen molar-refractivity contribution in [2.75, 3.05) is 0 Å². The number of aromatic nitrogens is 8. The molecule has 458 valence electrons. The van der Waals surface area contributed by atoms with Gasteiger partial charge in [0, 0.05) is 117 Å². The second-order valence-corrected chi connectivity index (χ2v) is 28.9. The smallest absolute Gasteiger partial charge is 0.0738 e. The molecule has 0 radical (unpaired) electrons. The number of H-pyrrole nitrogens is 2. The van der Waals surface area contributed by atoms with Crippen LogP contribution in [0.1, 0.15) is 173 Å². The highest BCUT2D eigenvalue weighted by molar-refractivity contribution is 6.02.